The fourth-order valence-electron chi connectivity index (χ4n) is 2.08. The number of pyridine rings is 3. The maximum atomic E-state index is 4.74. The third kappa shape index (κ3) is 2.60. The van der Waals surface area contributed by atoms with Crippen molar-refractivity contribution in [2.45, 2.75) is 5.33 Å². The predicted molar refractivity (Wildman–Crippen MR) is 83.3 cm³/mol. The van der Waals surface area contributed by atoms with Gasteiger partial charge in [-0.15, -0.1) is 0 Å². The topological polar surface area (TPSA) is 38.7 Å². The SMILES string of the molecule is BrCc1nc(-c2ccncc2)ccc1-c1ccncc1. The van der Waals surface area contributed by atoms with Crippen LogP contribution in [0.3, 0.4) is 0 Å². The Morgan fingerprint density at radius 1 is 0.750 bits per heavy atom. The van der Waals surface area contributed by atoms with Gasteiger partial charge >= 0.3 is 0 Å². The summed E-state index contributed by atoms with van der Waals surface area (Å²) < 4.78 is 0. The van der Waals surface area contributed by atoms with Crippen LogP contribution in [0.2, 0.25) is 0 Å². The highest BCUT2D eigenvalue weighted by Crippen LogP contribution is 2.27. The van der Waals surface area contributed by atoms with Crippen LogP contribution in [-0.4, -0.2) is 15.0 Å². The van der Waals surface area contributed by atoms with Crippen LogP contribution in [0.15, 0.2) is 61.2 Å². The normalized spacial score (nSPS) is 10.4. The molecule has 0 aliphatic heterocycles. The predicted octanol–water partition coefficient (Wildman–Crippen LogP) is 4.10. The molecule has 3 heterocycles. The second-order valence-corrected chi connectivity index (χ2v) is 4.86. The summed E-state index contributed by atoms with van der Waals surface area (Å²) >= 11 is 3.52. The van der Waals surface area contributed by atoms with Gasteiger partial charge in [0, 0.05) is 41.2 Å². The molecule has 3 rings (SSSR count). The van der Waals surface area contributed by atoms with Crippen LogP contribution < -0.4 is 0 Å². The van der Waals surface area contributed by atoms with Crippen LogP contribution in [0, 0.1) is 0 Å². The van der Waals surface area contributed by atoms with E-state index in [1.54, 1.807) is 24.8 Å². The van der Waals surface area contributed by atoms with E-state index in [-0.39, 0.29) is 0 Å². The maximum absolute atomic E-state index is 4.74. The molecule has 0 aliphatic rings. The zero-order chi connectivity index (χ0) is 13.8. The standard InChI is InChI=1S/C16H12BrN3/c17-11-16-14(12-3-7-18-8-4-12)1-2-15(20-16)13-5-9-19-10-6-13/h1-10H,11H2. The smallest absolute Gasteiger partial charge is 0.0707 e. The molecular formula is C16H12BrN3. The van der Waals surface area contributed by atoms with Crippen LogP contribution in [-0.2, 0) is 5.33 Å². The summed E-state index contributed by atoms with van der Waals surface area (Å²) in [5, 5.41) is 0.712. The van der Waals surface area contributed by atoms with Crippen molar-refractivity contribution >= 4 is 15.9 Å². The van der Waals surface area contributed by atoms with Gasteiger partial charge in [0.05, 0.1) is 11.4 Å². The average Bonchev–Trinajstić information content (AvgIpc) is 2.56. The van der Waals surface area contributed by atoms with Crippen LogP contribution in [0.5, 0.6) is 0 Å². The minimum absolute atomic E-state index is 0.712. The van der Waals surface area contributed by atoms with Gasteiger partial charge in [-0.1, -0.05) is 22.0 Å². The third-order valence-electron chi connectivity index (χ3n) is 3.07. The maximum Gasteiger partial charge on any atom is 0.0707 e. The molecule has 0 aromatic carbocycles. The van der Waals surface area contributed by atoms with E-state index in [2.05, 4.69) is 32.0 Å². The van der Waals surface area contributed by atoms with Gasteiger partial charge < -0.3 is 0 Å². The number of hydrogen-bond donors (Lipinski definition) is 0. The van der Waals surface area contributed by atoms with Crippen molar-refractivity contribution in [2.75, 3.05) is 0 Å². The Kier molecular flexibility index (Phi) is 3.83. The molecule has 0 saturated carbocycles. The first-order chi connectivity index (χ1) is 9.88. The molecule has 0 aliphatic carbocycles. The molecule has 0 spiro atoms. The van der Waals surface area contributed by atoms with Crippen LogP contribution in [0.1, 0.15) is 5.69 Å². The Morgan fingerprint density at radius 3 is 1.95 bits per heavy atom. The van der Waals surface area contributed by atoms with Crippen LogP contribution in [0.4, 0.5) is 0 Å². The van der Waals surface area contributed by atoms with Gasteiger partial charge in [-0.25, -0.2) is 0 Å². The molecule has 0 unspecified atom stereocenters. The number of aromatic nitrogens is 3. The zero-order valence-electron chi connectivity index (χ0n) is 10.7. The van der Waals surface area contributed by atoms with E-state index in [9.17, 15) is 0 Å². The number of halogens is 1. The molecule has 20 heavy (non-hydrogen) atoms. The lowest BCUT2D eigenvalue weighted by molar-refractivity contribution is 1.18. The third-order valence-corrected chi connectivity index (χ3v) is 3.60. The summed E-state index contributed by atoms with van der Waals surface area (Å²) in [5.74, 6) is 0. The minimum Gasteiger partial charge on any atom is -0.265 e. The molecular weight excluding hydrogens is 314 g/mol. The number of hydrogen-bond acceptors (Lipinski definition) is 3. The molecule has 0 N–H and O–H groups in total. The van der Waals surface area contributed by atoms with Crippen molar-refractivity contribution in [1.82, 2.24) is 15.0 Å². The van der Waals surface area contributed by atoms with E-state index in [4.69, 9.17) is 4.98 Å². The van der Waals surface area contributed by atoms with Gasteiger partial charge in [-0.2, -0.15) is 0 Å². The molecule has 0 radical (unpaired) electrons. The van der Waals surface area contributed by atoms with Gasteiger partial charge in [0.1, 0.15) is 0 Å². The van der Waals surface area contributed by atoms with E-state index >= 15 is 0 Å². The Balaban J connectivity index is 2.07. The lowest BCUT2D eigenvalue weighted by atomic mass is 10.0. The molecule has 0 atom stereocenters. The Bertz CT molecular complexity index is 699. The summed E-state index contributed by atoms with van der Waals surface area (Å²) in [6.07, 6.45) is 7.15. The van der Waals surface area contributed by atoms with Crippen molar-refractivity contribution in [2.24, 2.45) is 0 Å². The average molecular weight is 326 g/mol. The van der Waals surface area contributed by atoms with E-state index in [0.29, 0.717) is 5.33 Å². The molecule has 98 valence electrons. The number of nitrogens with zero attached hydrogens (tertiary/aromatic N) is 3. The molecule has 3 aromatic heterocycles. The molecule has 3 aromatic rings. The van der Waals surface area contributed by atoms with E-state index in [1.165, 1.54) is 0 Å². The largest absolute Gasteiger partial charge is 0.265 e. The van der Waals surface area contributed by atoms with Crippen LogP contribution >= 0.6 is 15.9 Å². The van der Waals surface area contributed by atoms with Gasteiger partial charge in [0.25, 0.3) is 0 Å². The molecule has 3 nitrogen and oxygen atoms in total. The van der Waals surface area contributed by atoms with Crippen molar-refractivity contribution in [1.29, 1.82) is 0 Å². The molecule has 0 bridgehead atoms. The highest BCUT2D eigenvalue weighted by atomic mass is 79.9. The lowest BCUT2D eigenvalue weighted by Gasteiger charge is -2.09. The highest BCUT2D eigenvalue weighted by molar-refractivity contribution is 9.08. The van der Waals surface area contributed by atoms with Gasteiger partial charge in [-0.05, 0) is 35.9 Å². The molecule has 0 saturated heterocycles. The Hall–Kier alpha value is -2.07. The summed E-state index contributed by atoms with van der Waals surface area (Å²) in [5.41, 5.74) is 5.30. The summed E-state index contributed by atoms with van der Waals surface area (Å²) in [6.45, 7) is 0. The van der Waals surface area contributed by atoms with E-state index < -0.39 is 0 Å². The monoisotopic (exact) mass is 325 g/mol. The Labute approximate surface area is 125 Å². The summed E-state index contributed by atoms with van der Waals surface area (Å²) in [6, 6.07) is 12.1. The van der Waals surface area contributed by atoms with Gasteiger partial charge in [-0.3, -0.25) is 15.0 Å². The summed E-state index contributed by atoms with van der Waals surface area (Å²) in [7, 11) is 0. The lowest BCUT2D eigenvalue weighted by Crippen LogP contribution is -1.94. The summed E-state index contributed by atoms with van der Waals surface area (Å²) in [4.78, 5) is 12.8. The van der Waals surface area contributed by atoms with E-state index in [1.807, 2.05) is 30.3 Å². The molecule has 4 heteroatoms. The quantitative estimate of drug-likeness (QED) is 0.680. The second kappa shape index (κ2) is 5.92. The molecule has 0 fully saturated rings. The Morgan fingerprint density at radius 2 is 1.35 bits per heavy atom. The van der Waals surface area contributed by atoms with Crippen molar-refractivity contribution in [3.8, 4) is 22.4 Å². The van der Waals surface area contributed by atoms with Gasteiger partial charge in [0.15, 0.2) is 0 Å². The minimum atomic E-state index is 0.712. The first kappa shape index (κ1) is 12.9. The van der Waals surface area contributed by atoms with Crippen molar-refractivity contribution < 1.29 is 0 Å². The fraction of sp³-hybridized carbons (Fsp3) is 0.0625. The van der Waals surface area contributed by atoms with Crippen molar-refractivity contribution in [3.63, 3.8) is 0 Å². The molecule has 0 amide bonds. The van der Waals surface area contributed by atoms with Gasteiger partial charge in [0.2, 0.25) is 0 Å². The number of alkyl halides is 1. The first-order valence-electron chi connectivity index (χ1n) is 6.25. The highest BCUT2D eigenvalue weighted by Gasteiger charge is 2.08. The van der Waals surface area contributed by atoms with Crippen LogP contribution in [0.25, 0.3) is 22.4 Å². The first-order valence-corrected chi connectivity index (χ1v) is 7.37. The second-order valence-electron chi connectivity index (χ2n) is 4.30. The van der Waals surface area contributed by atoms with E-state index in [0.717, 1.165) is 28.1 Å². The van der Waals surface area contributed by atoms with Crippen molar-refractivity contribution in [3.05, 3.63) is 66.9 Å². The number of rotatable bonds is 3. The fourth-order valence-corrected chi connectivity index (χ4v) is 2.51. The zero-order valence-corrected chi connectivity index (χ0v) is 12.3.